The summed E-state index contributed by atoms with van der Waals surface area (Å²) in [7, 11) is 1.81. The van der Waals surface area contributed by atoms with Gasteiger partial charge in [0.15, 0.2) is 0 Å². The van der Waals surface area contributed by atoms with E-state index in [0.717, 1.165) is 42.7 Å². The van der Waals surface area contributed by atoms with Crippen molar-refractivity contribution in [2.24, 2.45) is 0 Å². The Labute approximate surface area is 152 Å². The highest BCUT2D eigenvalue weighted by Gasteiger charge is 2.19. The Morgan fingerprint density at radius 3 is 2.50 bits per heavy atom. The standard InChI is InChI=1S/C20H24BrNO2/c1-23-18-9-11-22(12-10-18)14-17-7-8-19(13-20(17)21)24-15-16-5-3-2-4-6-16/h2-8,13,18H,9-12,14-15H2,1H3. The van der Waals surface area contributed by atoms with Gasteiger partial charge in [-0.05, 0) is 36.1 Å². The Kier molecular flexibility index (Phi) is 6.30. The van der Waals surface area contributed by atoms with Crippen molar-refractivity contribution in [2.75, 3.05) is 20.2 Å². The Morgan fingerprint density at radius 2 is 1.83 bits per heavy atom. The lowest BCUT2D eigenvalue weighted by atomic mass is 10.1. The van der Waals surface area contributed by atoms with Crippen LogP contribution in [0.25, 0.3) is 0 Å². The summed E-state index contributed by atoms with van der Waals surface area (Å²) in [6.45, 7) is 3.75. The van der Waals surface area contributed by atoms with Crippen molar-refractivity contribution in [3.05, 3.63) is 64.1 Å². The fourth-order valence-corrected chi connectivity index (χ4v) is 3.51. The maximum atomic E-state index is 5.89. The van der Waals surface area contributed by atoms with E-state index in [1.54, 1.807) is 0 Å². The molecular formula is C20H24BrNO2. The minimum Gasteiger partial charge on any atom is -0.489 e. The zero-order valence-electron chi connectivity index (χ0n) is 14.1. The van der Waals surface area contributed by atoms with Gasteiger partial charge in [0.2, 0.25) is 0 Å². The predicted molar refractivity (Wildman–Crippen MR) is 100 cm³/mol. The van der Waals surface area contributed by atoms with Gasteiger partial charge in [-0.15, -0.1) is 0 Å². The number of hydrogen-bond acceptors (Lipinski definition) is 3. The van der Waals surface area contributed by atoms with E-state index >= 15 is 0 Å². The molecule has 4 heteroatoms. The van der Waals surface area contributed by atoms with E-state index < -0.39 is 0 Å². The number of piperidine rings is 1. The zero-order valence-corrected chi connectivity index (χ0v) is 15.7. The minimum absolute atomic E-state index is 0.429. The molecule has 0 aromatic heterocycles. The Bertz CT molecular complexity index is 639. The van der Waals surface area contributed by atoms with Gasteiger partial charge in [-0.2, -0.15) is 0 Å². The summed E-state index contributed by atoms with van der Waals surface area (Å²) in [6.07, 6.45) is 2.66. The second-order valence-corrected chi connectivity index (χ2v) is 7.09. The van der Waals surface area contributed by atoms with Gasteiger partial charge in [0.1, 0.15) is 12.4 Å². The largest absolute Gasteiger partial charge is 0.489 e. The maximum absolute atomic E-state index is 5.89. The summed E-state index contributed by atoms with van der Waals surface area (Å²) < 4.78 is 12.4. The average molecular weight is 390 g/mol. The van der Waals surface area contributed by atoms with Gasteiger partial charge < -0.3 is 9.47 Å². The molecule has 24 heavy (non-hydrogen) atoms. The lowest BCUT2D eigenvalue weighted by Crippen LogP contribution is -2.36. The van der Waals surface area contributed by atoms with E-state index in [1.165, 1.54) is 11.1 Å². The van der Waals surface area contributed by atoms with Gasteiger partial charge >= 0.3 is 0 Å². The lowest BCUT2D eigenvalue weighted by molar-refractivity contribution is 0.0388. The quantitative estimate of drug-likeness (QED) is 0.718. The molecule has 0 atom stereocenters. The van der Waals surface area contributed by atoms with Crippen LogP contribution >= 0.6 is 15.9 Å². The van der Waals surface area contributed by atoms with E-state index in [9.17, 15) is 0 Å². The van der Waals surface area contributed by atoms with E-state index in [-0.39, 0.29) is 0 Å². The summed E-state index contributed by atoms with van der Waals surface area (Å²) in [5, 5.41) is 0. The first-order valence-corrected chi connectivity index (χ1v) is 9.24. The highest BCUT2D eigenvalue weighted by Crippen LogP contribution is 2.26. The van der Waals surface area contributed by atoms with Crippen molar-refractivity contribution in [1.29, 1.82) is 0 Å². The van der Waals surface area contributed by atoms with Crippen LogP contribution in [0.2, 0.25) is 0 Å². The molecule has 0 bridgehead atoms. The Hall–Kier alpha value is -1.36. The molecule has 0 unspecified atom stereocenters. The highest BCUT2D eigenvalue weighted by atomic mass is 79.9. The monoisotopic (exact) mass is 389 g/mol. The van der Waals surface area contributed by atoms with Crippen molar-refractivity contribution in [3.63, 3.8) is 0 Å². The summed E-state index contributed by atoms with van der Waals surface area (Å²) in [6, 6.07) is 16.5. The Morgan fingerprint density at radius 1 is 1.08 bits per heavy atom. The first-order valence-electron chi connectivity index (χ1n) is 8.45. The molecule has 1 fully saturated rings. The van der Waals surface area contributed by atoms with Crippen LogP contribution in [0.4, 0.5) is 0 Å². The maximum Gasteiger partial charge on any atom is 0.120 e. The molecule has 128 valence electrons. The number of benzene rings is 2. The van der Waals surface area contributed by atoms with E-state index in [1.807, 2.05) is 25.3 Å². The van der Waals surface area contributed by atoms with Gasteiger partial charge in [0.25, 0.3) is 0 Å². The molecule has 1 aliphatic heterocycles. The molecule has 0 spiro atoms. The summed E-state index contributed by atoms with van der Waals surface area (Å²) >= 11 is 3.69. The van der Waals surface area contributed by atoms with Crippen LogP contribution in [-0.2, 0) is 17.9 Å². The van der Waals surface area contributed by atoms with Crippen LogP contribution < -0.4 is 4.74 Å². The van der Waals surface area contributed by atoms with Crippen molar-refractivity contribution in [3.8, 4) is 5.75 Å². The average Bonchev–Trinajstić information content (AvgIpc) is 2.63. The number of rotatable bonds is 6. The number of methoxy groups -OCH3 is 1. The molecule has 2 aromatic rings. The van der Waals surface area contributed by atoms with Gasteiger partial charge in [-0.1, -0.05) is 52.3 Å². The number of likely N-dealkylation sites (tertiary alicyclic amines) is 1. The fraction of sp³-hybridized carbons (Fsp3) is 0.400. The van der Waals surface area contributed by atoms with Gasteiger partial charge in [-0.3, -0.25) is 4.90 Å². The summed E-state index contributed by atoms with van der Waals surface area (Å²) in [5.41, 5.74) is 2.48. The highest BCUT2D eigenvalue weighted by molar-refractivity contribution is 9.10. The molecule has 1 aliphatic rings. The smallest absolute Gasteiger partial charge is 0.120 e. The van der Waals surface area contributed by atoms with Crippen molar-refractivity contribution < 1.29 is 9.47 Å². The molecule has 0 amide bonds. The third kappa shape index (κ3) is 4.82. The van der Waals surface area contributed by atoms with Crippen LogP contribution in [0.1, 0.15) is 24.0 Å². The Balaban J connectivity index is 1.55. The fourth-order valence-electron chi connectivity index (χ4n) is 3.03. The topological polar surface area (TPSA) is 21.7 Å². The molecule has 0 radical (unpaired) electrons. The van der Waals surface area contributed by atoms with Crippen LogP contribution in [0.15, 0.2) is 53.0 Å². The third-order valence-corrected chi connectivity index (χ3v) is 5.27. The number of halogens is 1. The molecule has 1 heterocycles. The van der Waals surface area contributed by atoms with Crippen LogP contribution in [0.3, 0.4) is 0 Å². The molecule has 0 aliphatic carbocycles. The third-order valence-electron chi connectivity index (χ3n) is 4.53. The van der Waals surface area contributed by atoms with Crippen molar-refractivity contribution >= 4 is 15.9 Å². The summed E-state index contributed by atoms with van der Waals surface area (Å²) in [5.74, 6) is 0.896. The SMILES string of the molecule is COC1CCN(Cc2ccc(OCc3ccccc3)cc2Br)CC1. The van der Waals surface area contributed by atoms with E-state index in [0.29, 0.717) is 12.7 Å². The molecular weight excluding hydrogens is 366 g/mol. The number of ether oxygens (including phenoxy) is 2. The number of nitrogens with zero attached hydrogens (tertiary/aromatic N) is 1. The molecule has 2 aromatic carbocycles. The van der Waals surface area contributed by atoms with Gasteiger partial charge in [0.05, 0.1) is 6.10 Å². The zero-order chi connectivity index (χ0) is 16.8. The molecule has 0 saturated carbocycles. The minimum atomic E-state index is 0.429. The summed E-state index contributed by atoms with van der Waals surface area (Å²) in [4.78, 5) is 2.49. The molecule has 0 N–H and O–H groups in total. The van der Waals surface area contributed by atoms with Crippen molar-refractivity contribution in [2.45, 2.75) is 32.1 Å². The molecule has 1 saturated heterocycles. The normalized spacial score (nSPS) is 16.2. The molecule has 3 rings (SSSR count). The van der Waals surface area contributed by atoms with Crippen LogP contribution in [0, 0.1) is 0 Å². The first kappa shape index (κ1) is 17.5. The second-order valence-electron chi connectivity index (χ2n) is 6.24. The molecule has 3 nitrogen and oxygen atoms in total. The predicted octanol–water partition coefficient (Wildman–Crippen LogP) is 4.64. The van der Waals surface area contributed by atoms with E-state index in [4.69, 9.17) is 9.47 Å². The van der Waals surface area contributed by atoms with Crippen molar-refractivity contribution in [1.82, 2.24) is 4.90 Å². The van der Waals surface area contributed by atoms with Gasteiger partial charge in [0, 0.05) is 31.2 Å². The van der Waals surface area contributed by atoms with Crippen LogP contribution in [-0.4, -0.2) is 31.2 Å². The van der Waals surface area contributed by atoms with Gasteiger partial charge in [-0.25, -0.2) is 0 Å². The van der Waals surface area contributed by atoms with Crippen LogP contribution in [0.5, 0.6) is 5.75 Å². The number of hydrogen-bond donors (Lipinski definition) is 0. The lowest BCUT2D eigenvalue weighted by Gasteiger charge is -2.31. The second kappa shape index (κ2) is 8.65. The first-order chi connectivity index (χ1) is 11.7. The van der Waals surface area contributed by atoms with E-state index in [2.05, 4.69) is 51.2 Å².